The number of halogens is 4. The smallest absolute Gasteiger partial charge is 0.356 e. The fourth-order valence-corrected chi connectivity index (χ4v) is 3.36. The van der Waals surface area contributed by atoms with E-state index in [-0.39, 0.29) is 24.0 Å². The molecule has 1 aromatic carbocycles. The molecule has 2 aromatic heterocycles. The third-order valence-electron chi connectivity index (χ3n) is 3.86. The Bertz CT molecular complexity index is 937. The lowest BCUT2D eigenvalue weighted by Gasteiger charge is -2.12. The van der Waals surface area contributed by atoms with Gasteiger partial charge >= 0.3 is 6.18 Å². The molecule has 0 bridgehead atoms. The van der Waals surface area contributed by atoms with Crippen LogP contribution >= 0.6 is 35.3 Å². The second-order valence-electron chi connectivity index (χ2n) is 5.72. The second kappa shape index (κ2) is 10.0. The number of alkyl halides is 3. The van der Waals surface area contributed by atoms with Gasteiger partial charge < -0.3 is 10.6 Å². The van der Waals surface area contributed by atoms with E-state index in [1.165, 1.54) is 0 Å². The summed E-state index contributed by atoms with van der Waals surface area (Å²) < 4.78 is 37.7. The minimum atomic E-state index is -4.40. The average molecular weight is 521 g/mol. The molecule has 2 N–H and O–H groups in total. The van der Waals surface area contributed by atoms with Gasteiger partial charge in [0.1, 0.15) is 0 Å². The molecule has 150 valence electrons. The van der Waals surface area contributed by atoms with Crippen molar-refractivity contribution in [1.29, 1.82) is 0 Å². The van der Waals surface area contributed by atoms with Gasteiger partial charge in [0.15, 0.2) is 11.7 Å². The van der Waals surface area contributed by atoms with Crippen molar-refractivity contribution < 1.29 is 13.2 Å². The van der Waals surface area contributed by atoms with Crippen LogP contribution in [-0.2, 0) is 19.1 Å². The zero-order valence-corrected chi connectivity index (χ0v) is 18.1. The summed E-state index contributed by atoms with van der Waals surface area (Å²) in [6.45, 7) is 0.960. The van der Waals surface area contributed by atoms with Crippen LogP contribution < -0.4 is 10.6 Å². The van der Waals surface area contributed by atoms with E-state index in [0.717, 1.165) is 33.2 Å². The van der Waals surface area contributed by atoms with E-state index in [2.05, 4.69) is 25.6 Å². The molecule has 0 saturated heterocycles. The SMILES string of the molecule is CN=C(NCCc1nc(C(F)(F)F)cs1)NCc1cccc2cccnc12.I. The molecule has 0 fully saturated rings. The Labute approximate surface area is 181 Å². The molecule has 0 atom stereocenters. The molecule has 0 saturated carbocycles. The number of nitrogens with one attached hydrogen (secondary N) is 2. The molecular formula is C18H19F3IN5S. The van der Waals surface area contributed by atoms with Crippen LogP contribution in [0.1, 0.15) is 16.3 Å². The molecule has 3 rings (SSSR count). The highest BCUT2D eigenvalue weighted by Crippen LogP contribution is 2.30. The van der Waals surface area contributed by atoms with E-state index in [1.54, 1.807) is 13.2 Å². The lowest BCUT2D eigenvalue weighted by molar-refractivity contribution is -0.140. The first-order chi connectivity index (χ1) is 13.0. The molecule has 0 amide bonds. The molecular weight excluding hydrogens is 502 g/mol. The standard InChI is InChI=1S/C18H18F3N5S.HI/c1-22-17(24-9-7-15-26-14(11-27-15)18(19,20)21)25-10-13-5-2-4-12-6-3-8-23-16(12)13;/h2-6,8,11H,7,9-10H2,1H3,(H2,22,24,25);1H. The van der Waals surface area contributed by atoms with Crippen molar-refractivity contribution in [2.45, 2.75) is 19.1 Å². The number of para-hydroxylation sites is 1. The highest BCUT2D eigenvalue weighted by Gasteiger charge is 2.33. The van der Waals surface area contributed by atoms with Crippen molar-refractivity contribution in [3.05, 3.63) is 58.2 Å². The van der Waals surface area contributed by atoms with E-state index in [9.17, 15) is 13.2 Å². The van der Waals surface area contributed by atoms with Crippen LogP contribution in [0.5, 0.6) is 0 Å². The van der Waals surface area contributed by atoms with Crippen LogP contribution in [0.3, 0.4) is 0 Å². The number of hydrogen-bond acceptors (Lipinski definition) is 4. The van der Waals surface area contributed by atoms with E-state index < -0.39 is 11.9 Å². The van der Waals surface area contributed by atoms with Crippen LogP contribution in [0.15, 0.2) is 46.9 Å². The molecule has 28 heavy (non-hydrogen) atoms. The first-order valence-electron chi connectivity index (χ1n) is 8.26. The Morgan fingerprint density at radius 1 is 1.18 bits per heavy atom. The molecule has 0 radical (unpaired) electrons. The fourth-order valence-electron chi connectivity index (χ4n) is 2.55. The Morgan fingerprint density at radius 2 is 1.96 bits per heavy atom. The van der Waals surface area contributed by atoms with Crippen molar-refractivity contribution in [2.24, 2.45) is 4.99 Å². The average Bonchev–Trinajstić information content (AvgIpc) is 3.14. The zero-order chi connectivity index (χ0) is 19.3. The summed E-state index contributed by atoms with van der Waals surface area (Å²) in [7, 11) is 1.64. The van der Waals surface area contributed by atoms with Crippen molar-refractivity contribution in [3.8, 4) is 0 Å². The Morgan fingerprint density at radius 3 is 2.68 bits per heavy atom. The van der Waals surface area contributed by atoms with Gasteiger partial charge in [0.25, 0.3) is 0 Å². The van der Waals surface area contributed by atoms with Gasteiger partial charge in [0, 0.05) is 43.5 Å². The first kappa shape index (κ1) is 22.3. The second-order valence-corrected chi connectivity index (χ2v) is 6.66. The number of aromatic nitrogens is 2. The number of fused-ring (bicyclic) bond motifs is 1. The normalized spacial score (nSPS) is 11.9. The van der Waals surface area contributed by atoms with Crippen LogP contribution in [0.2, 0.25) is 0 Å². The number of rotatable bonds is 5. The summed E-state index contributed by atoms with van der Waals surface area (Å²) in [5, 5.41) is 8.81. The number of pyridine rings is 1. The van der Waals surface area contributed by atoms with Crippen molar-refractivity contribution in [1.82, 2.24) is 20.6 Å². The van der Waals surface area contributed by atoms with E-state index in [1.807, 2.05) is 30.3 Å². The summed E-state index contributed by atoms with van der Waals surface area (Å²) in [5.74, 6) is 0.565. The molecule has 5 nitrogen and oxygen atoms in total. The van der Waals surface area contributed by atoms with Gasteiger partial charge in [-0.15, -0.1) is 35.3 Å². The van der Waals surface area contributed by atoms with Gasteiger partial charge in [-0.3, -0.25) is 9.98 Å². The van der Waals surface area contributed by atoms with Crippen molar-refractivity contribution >= 4 is 52.2 Å². The summed E-state index contributed by atoms with van der Waals surface area (Å²) in [6.07, 6.45) is -2.26. The number of thiazole rings is 1. The maximum absolute atomic E-state index is 12.6. The van der Waals surface area contributed by atoms with Gasteiger partial charge in [-0.1, -0.05) is 24.3 Å². The van der Waals surface area contributed by atoms with Crippen LogP contribution in [-0.4, -0.2) is 29.5 Å². The number of nitrogens with zero attached hydrogens (tertiary/aromatic N) is 3. The highest BCUT2D eigenvalue weighted by molar-refractivity contribution is 14.0. The monoisotopic (exact) mass is 521 g/mol. The zero-order valence-electron chi connectivity index (χ0n) is 15.0. The molecule has 10 heteroatoms. The third-order valence-corrected chi connectivity index (χ3v) is 4.77. The maximum atomic E-state index is 12.6. The maximum Gasteiger partial charge on any atom is 0.434 e. The molecule has 0 aliphatic heterocycles. The van der Waals surface area contributed by atoms with Crippen molar-refractivity contribution in [2.75, 3.05) is 13.6 Å². The number of hydrogen-bond donors (Lipinski definition) is 2. The summed E-state index contributed by atoms with van der Waals surface area (Å²) >= 11 is 1.01. The topological polar surface area (TPSA) is 62.2 Å². The van der Waals surface area contributed by atoms with E-state index in [4.69, 9.17) is 0 Å². The first-order valence-corrected chi connectivity index (χ1v) is 9.14. The molecule has 0 aliphatic carbocycles. The molecule has 0 spiro atoms. The molecule has 0 unspecified atom stereocenters. The molecule has 0 aliphatic rings. The summed E-state index contributed by atoms with van der Waals surface area (Å²) in [5.41, 5.74) is 1.12. The van der Waals surface area contributed by atoms with E-state index in [0.29, 0.717) is 30.5 Å². The fraction of sp³-hybridized carbons (Fsp3) is 0.278. The predicted octanol–water partition coefficient (Wildman–Crippen LogP) is 4.24. The number of aliphatic imine (C=N–C) groups is 1. The van der Waals surface area contributed by atoms with Crippen LogP contribution in [0.25, 0.3) is 10.9 Å². The van der Waals surface area contributed by atoms with Gasteiger partial charge in [-0.05, 0) is 11.6 Å². The predicted molar refractivity (Wildman–Crippen MR) is 116 cm³/mol. The Balaban J connectivity index is 0.00000280. The Kier molecular flexibility index (Phi) is 7.98. The lowest BCUT2D eigenvalue weighted by atomic mass is 10.1. The quantitative estimate of drug-likeness (QED) is 0.300. The minimum Gasteiger partial charge on any atom is -0.356 e. The van der Waals surface area contributed by atoms with E-state index >= 15 is 0 Å². The minimum absolute atomic E-state index is 0. The largest absolute Gasteiger partial charge is 0.434 e. The van der Waals surface area contributed by atoms with Crippen LogP contribution in [0.4, 0.5) is 13.2 Å². The molecule has 2 heterocycles. The number of guanidine groups is 1. The summed E-state index contributed by atoms with van der Waals surface area (Å²) in [6, 6.07) is 9.86. The van der Waals surface area contributed by atoms with Crippen LogP contribution in [0, 0.1) is 0 Å². The van der Waals surface area contributed by atoms with Gasteiger partial charge in [-0.2, -0.15) is 13.2 Å². The lowest BCUT2D eigenvalue weighted by Crippen LogP contribution is -2.37. The highest BCUT2D eigenvalue weighted by atomic mass is 127. The summed E-state index contributed by atoms with van der Waals surface area (Å²) in [4.78, 5) is 12.2. The third kappa shape index (κ3) is 5.77. The van der Waals surface area contributed by atoms with Gasteiger partial charge in [0.05, 0.1) is 10.5 Å². The Hall–Kier alpha value is -1.95. The van der Waals surface area contributed by atoms with Gasteiger partial charge in [-0.25, -0.2) is 4.98 Å². The van der Waals surface area contributed by atoms with Crippen molar-refractivity contribution in [3.63, 3.8) is 0 Å². The number of benzene rings is 1. The van der Waals surface area contributed by atoms with Gasteiger partial charge in [0.2, 0.25) is 0 Å². The molecule has 3 aromatic rings.